The number of rotatable bonds is 5. The quantitative estimate of drug-likeness (QED) is 0.455. The van der Waals surface area contributed by atoms with Crippen LogP contribution in [0.15, 0.2) is 73.4 Å². The first-order valence-electron chi connectivity index (χ1n) is 10.5. The summed E-state index contributed by atoms with van der Waals surface area (Å²) >= 11 is 6.14. The SMILES string of the molecule is O=C(c1ccccc1Cn1cncn1)N1CCC[C@@H]1c1ccnc(-c2cccc(Cl)c2)n1. The molecule has 8 heteroatoms. The Bertz CT molecular complexity index is 1240. The van der Waals surface area contributed by atoms with Gasteiger partial charge in [0.2, 0.25) is 0 Å². The first-order chi connectivity index (χ1) is 15.7. The van der Waals surface area contributed by atoms with Gasteiger partial charge in [0, 0.05) is 28.9 Å². The number of carbonyl (C=O) groups is 1. The summed E-state index contributed by atoms with van der Waals surface area (Å²) in [6, 6.07) is 16.9. The van der Waals surface area contributed by atoms with E-state index in [2.05, 4.69) is 15.1 Å². The molecule has 0 radical (unpaired) electrons. The van der Waals surface area contributed by atoms with Gasteiger partial charge in [0.1, 0.15) is 12.7 Å². The number of carbonyl (C=O) groups excluding carboxylic acids is 1. The van der Waals surface area contributed by atoms with Gasteiger partial charge in [0.05, 0.1) is 18.3 Å². The van der Waals surface area contributed by atoms with Gasteiger partial charge in [-0.15, -0.1) is 0 Å². The highest BCUT2D eigenvalue weighted by Crippen LogP contribution is 2.33. The van der Waals surface area contributed by atoms with Crippen molar-refractivity contribution in [1.29, 1.82) is 0 Å². The third-order valence-corrected chi connectivity index (χ3v) is 5.90. The van der Waals surface area contributed by atoms with Crippen molar-refractivity contribution in [2.45, 2.75) is 25.4 Å². The molecule has 1 amide bonds. The molecule has 1 aliphatic rings. The first-order valence-corrected chi connectivity index (χ1v) is 10.9. The molecule has 3 heterocycles. The summed E-state index contributed by atoms with van der Waals surface area (Å²) < 4.78 is 1.72. The zero-order valence-corrected chi connectivity index (χ0v) is 18.1. The van der Waals surface area contributed by atoms with Crippen LogP contribution >= 0.6 is 11.6 Å². The molecule has 7 nitrogen and oxygen atoms in total. The lowest BCUT2D eigenvalue weighted by Gasteiger charge is -2.25. The molecule has 0 spiro atoms. The molecule has 0 saturated carbocycles. The van der Waals surface area contributed by atoms with E-state index in [4.69, 9.17) is 16.6 Å². The fourth-order valence-corrected chi connectivity index (χ4v) is 4.34. The second-order valence-electron chi connectivity index (χ2n) is 7.72. The average molecular weight is 445 g/mol. The molecule has 1 atom stereocenters. The van der Waals surface area contributed by atoms with Crippen LogP contribution in [0.5, 0.6) is 0 Å². The second-order valence-corrected chi connectivity index (χ2v) is 8.16. The van der Waals surface area contributed by atoms with E-state index in [1.165, 1.54) is 6.33 Å². The van der Waals surface area contributed by atoms with Crippen LogP contribution in [0.3, 0.4) is 0 Å². The van der Waals surface area contributed by atoms with Gasteiger partial charge in [-0.3, -0.25) is 4.79 Å². The van der Waals surface area contributed by atoms with E-state index in [1.54, 1.807) is 17.2 Å². The molecule has 1 aliphatic heterocycles. The molecule has 4 aromatic rings. The largest absolute Gasteiger partial charge is 0.330 e. The van der Waals surface area contributed by atoms with Gasteiger partial charge < -0.3 is 4.90 Å². The van der Waals surface area contributed by atoms with Crippen LogP contribution in [-0.4, -0.2) is 42.1 Å². The molecule has 0 aliphatic carbocycles. The topological polar surface area (TPSA) is 76.8 Å². The van der Waals surface area contributed by atoms with E-state index in [9.17, 15) is 4.79 Å². The predicted octanol–water partition coefficient (Wildman–Crippen LogP) is 4.41. The maximum atomic E-state index is 13.6. The molecule has 2 aromatic heterocycles. The summed E-state index contributed by atoms with van der Waals surface area (Å²) in [6.45, 7) is 1.19. The van der Waals surface area contributed by atoms with Gasteiger partial charge in [0.25, 0.3) is 5.91 Å². The standard InChI is InChI=1S/C24H21ClN6O/c25-19-7-3-6-17(13-19)23-27-11-10-21(29-23)22-9-4-12-31(22)24(32)20-8-2-1-5-18(20)14-30-16-26-15-28-30/h1-3,5-8,10-11,13,15-16,22H,4,9,12,14H2/t22-/m1/s1. The highest BCUT2D eigenvalue weighted by Gasteiger charge is 2.32. The Hall–Kier alpha value is -3.58. The number of amides is 1. The van der Waals surface area contributed by atoms with Gasteiger partial charge >= 0.3 is 0 Å². The van der Waals surface area contributed by atoms with Crippen LogP contribution < -0.4 is 0 Å². The summed E-state index contributed by atoms with van der Waals surface area (Å²) in [7, 11) is 0. The maximum absolute atomic E-state index is 13.6. The van der Waals surface area contributed by atoms with E-state index in [1.807, 2.05) is 59.5 Å². The Morgan fingerprint density at radius 3 is 2.88 bits per heavy atom. The van der Waals surface area contributed by atoms with Gasteiger partial charge in [-0.25, -0.2) is 19.6 Å². The normalized spacial score (nSPS) is 15.8. The monoisotopic (exact) mass is 444 g/mol. The van der Waals surface area contributed by atoms with Crippen molar-refractivity contribution < 1.29 is 4.79 Å². The zero-order chi connectivity index (χ0) is 21.9. The molecule has 0 N–H and O–H groups in total. The summed E-state index contributed by atoms with van der Waals surface area (Å²) in [5, 5.41) is 4.81. The molecular formula is C24H21ClN6O. The number of aromatic nitrogens is 5. The van der Waals surface area contributed by atoms with E-state index in [-0.39, 0.29) is 11.9 Å². The van der Waals surface area contributed by atoms with Crippen molar-refractivity contribution in [1.82, 2.24) is 29.6 Å². The van der Waals surface area contributed by atoms with Crippen molar-refractivity contribution >= 4 is 17.5 Å². The van der Waals surface area contributed by atoms with E-state index < -0.39 is 0 Å². The summed E-state index contributed by atoms with van der Waals surface area (Å²) in [6.07, 6.45) is 6.69. The fourth-order valence-electron chi connectivity index (χ4n) is 4.15. The van der Waals surface area contributed by atoms with Gasteiger partial charge in [-0.1, -0.05) is 41.9 Å². The smallest absolute Gasteiger partial charge is 0.254 e. The molecule has 160 valence electrons. The fraction of sp³-hybridized carbons (Fsp3) is 0.208. The highest BCUT2D eigenvalue weighted by molar-refractivity contribution is 6.30. The third kappa shape index (κ3) is 4.11. The van der Waals surface area contributed by atoms with Crippen molar-refractivity contribution in [3.8, 4) is 11.4 Å². The van der Waals surface area contributed by atoms with Crippen molar-refractivity contribution in [3.63, 3.8) is 0 Å². The van der Waals surface area contributed by atoms with E-state index in [0.29, 0.717) is 29.5 Å². The number of hydrogen-bond acceptors (Lipinski definition) is 5. The summed E-state index contributed by atoms with van der Waals surface area (Å²) in [5.74, 6) is 0.613. The van der Waals surface area contributed by atoms with Crippen LogP contribution in [0.2, 0.25) is 5.02 Å². The Morgan fingerprint density at radius 1 is 1.12 bits per heavy atom. The van der Waals surface area contributed by atoms with Crippen LogP contribution in [0.1, 0.15) is 40.5 Å². The molecule has 0 bridgehead atoms. The minimum absolute atomic E-state index is 0.00568. The number of likely N-dealkylation sites (tertiary alicyclic amines) is 1. The summed E-state index contributed by atoms with van der Waals surface area (Å²) in [5.41, 5.74) is 3.29. The minimum Gasteiger partial charge on any atom is -0.330 e. The molecular weight excluding hydrogens is 424 g/mol. The lowest BCUT2D eigenvalue weighted by Crippen LogP contribution is -2.32. The molecule has 32 heavy (non-hydrogen) atoms. The van der Waals surface area contributed by atoms with Gasteiger partial charge in [-0.05, 0) is 42.7 Å². The number of hydrogen-bond donors (Lipinski definition) is 0. The lowest BCUT2D eigenvalue weighted by molar-refractivity contribution is 0.0731. The molecule has 5 rings (SSSR count). The van der Waals surface area contributed by atoms with Crippen LogP contribution in [0.4, 0.5) is 0 Å². The van der Waals surface area contributed by atoms with E-state index in [0.717, 1.165) is 29.7 Å². The molecule has 0 unspecified atom stereocenters. The molecule has 1 saturated heterocycles. The van der Waals surface area contributed by atoms with Crippen molar-refractivity contribution in [2.75, 3.05) is 6.54 Å². The summed E-state index contributed by atoms with van der Waals surface area (Å²) in [4.78, 5) is 28.7. The lowest BCUT2D eigenvalue weighted by atomic mass is 10.0. The van der Waals surface area contributed by atoms with Crippen molar-refractivity contribution in [2.24, 2.45) is 0 Å². The van der Waals surface area contributed by atoms with E-state index >= 15 is 0 Å². The van der Waals surface area contributed by atoms with Crippen LogP contribution in [-0.2, 0) is 6.54 Å². The average Bonchev–Trinajstić information content (AvgIpc) is 3.51. The molecule has 2 aromatic carbocycles. The maximum Gasteiger partial charge on any atom is 0.254 e. The van der Waals surface area contributed by atoms with Gasteiger partial charge in [-0.2, -0.15) is 5.10 Å². The Kier molecular flexibility index (Phi) is 5.64. The Balaban J connectivity index is 1.44. The second kappa shape index (κ2) is 8.88. The number of nitrogens with zero attached hydrogens (tertiary/aromatic N) is 6. The Morgan fingerprint density at radius 2 is 2.03 bits per heavy atom. The first kappa shape index (κ1) is 20.3. The van der Waals surface area contributed by atoms with Crippen LogP contribution in [0.25, 0.3) is 11.4 Å². The van der Waals surface area contributed by atoms with Crippen LogP contribution in [0, 0.1) is 0 Å². The van der Waals surface area contributed by atoms with Crippen molar-refractivity contribution in [3.05, 3.63) is 95.3 Å². The number of halogens is 1. The highest BCUT2D eigenvalue weighted by atomic mass is 35.5. The predicted molar refractivity (Wildman–Crippen MR) is 121 cm³/mol. The number of benzene rings is 2. The zero-order valence-electron chi connectivity index (χ0n) is 17.3. The molecule has 1 fully saturated rings. The Labute approximate surface area is 190 Å². The minimum atomic E-state index is -0.0946. The van der Waals surface area contributed by atoms with Gasteiger partial charge in [0.15, 0.2) is 5.82 Å². The third-order valence-electron chi connectivity index (χ3n) is 5.66.